The number of carbonyl (C=O) groups is 3. The molecular formula is C22H27N3O6. The van der Waals surface area contributed by atoms with Crippen molar-refractivity contribution in [3.05, 3.63) is 71.8 Å². The second kappa shape index (κ2) is 13.6. The first kappa shape index (κ1) is 23.7. The van der Waals surface area contributed by atoms with Crippen molar-refractivity contribution in [1.29, 1.82) is 0 Å². The van der Waals surface area contributed by atoms with E-state index in [2.05, 4.69) is 10.6 Å². The van der Waals surface area contributed by atoms with Crippen molar-refractivity contribution in [3.8, 4) is 0 Å². The maximum atomic E-state index is 11.8. The Morgan fingerprint density at radius 2 is 1.16 bits per heavy atom. The van der Waals surface area contributed by atoms with Crippen LogP contribution in [0, 0.1) is 0 Å². The standard InChI is InChI=1S/C22H27N3O6/c26-20(27)15-25(13-11-23-21(28)30-16-18-7-3-1-4-8-18)14-12-24-22(29)31-17-19-9-5-2-6-10-19/h1-10H,11-17H2,(H,23,28)(H,24,29)(H,26,27). The molecule has 31 heavy (non-hydrogen) atoms. The largest absolute Gasteiger partial charge is 0.480 e. The first-order chi connectivity index (χ1) is 15.0. The van der Waals surface area contributed by atoms with Crippen LogP contribution in [0.5, 0.6) is 0 Å². The van der Waals surface area contributed by atoms with Crippen molar-refractivity contribution < 1.29 is 29.0 Å². The molecule has 0 saturated carbocycles. The minimum atomic E-state index is -1.00. The van der Waals surface area contributed by atoms with Gasteiger partial charge in [-0.2, -0.15) is 0 Å². The highest BCUT2D eigenvalue weighted by molar-refractivity contribution is 5.69. The molecule has 2 aromatic rings. The van der Waals surface area contributed by atoms with Gasteiger partial charge in [-0.25, -0.2) is 9.59 Å². The molecule has 0 bridgehead atoms. The van der Waals surface area contributed by atoms with E-state index in [9.17, 15) is 14.4 Å². The van der Waals surface area contributed by atoms with Crippen LogP contribution in [0.15, 0.2) is 60.7 Å². The average Bonchev–Trinajstić information content (AvgIpc) is 2.77. The van der Waals surface area contributed by atoms with E-state index in [0.29, 0.717) is 0 Å². The zero-order chi connectivity index (χ0) is 22.3. The normalized spacial score (nSPS) is 10.4. The second-order valence-electron chi connectivity index (χ2n) is 6.65. The fourth-order valence-electron chi connectivity index (χ4n) is 2.64. The molecule has 0 spiro atoms. The Labute approximate surface area is 181 Å². The van der Waals surface area contributed by atoms with E-state index in [-0.39, 0.29) is 45.9 Å². The van der Waals surface area contributed by atoms with E-state index in [4.69, 9.17) is 14.6 Å². The predicted molar refractivity (Wildman–Crippen MR) is 113 cm³/mol. The van der Waals surface area contributed by atoms with Crippen molar-refractivity contribution in [3.63, 3.8) is 0 Å². The number of nitrogens with one attached hydrogen (secondary N) is 2. The highest BCUT2D eigenvalue weighted by Gasteiger charge is 2.11. The van der Waals surface area contributed by atoms with Crippen LogP contribution in [0.25, 0.3) is 0 Å². The molecular weight excluding hydrogens is 402 g/mol. The van der Waals surface area contributed by atoms with Gasteiger partial charge < -0.3 is 25.2 Å². The summed E-state index contributed by atoms with van der Waals surface area (Å²) in [5, 5.41) is 14.2. The van der Waals surface area contributed by atoms with Crippen molar-refractivity contribution in [2.75, 3.05) is 32.7 Å². The second-order valence-corrected chi connectivity index (χ2v) is 6.65. The molecule has 166 valence electrons. The van der Waals surface area contributed by atoms with Gasteiger partial charge in [0, 0.05) is 26.2 Å². The van der Waals surface area contributed by atoms with E-state index < -0.39 is 18.2 Å². The molecule has 0 aliphatic carbocycles. The number of aliphatic carboxylic acids is 1. The van der Waals surface area contributed by atoms with Crippen LogP contribution in [0.3, 0.4) is 0 Å². The summed E-state index contributed by atoms with van der Waals surface area (Å²) in [7, 11) is 0. The van der Waals surface area contributed by atoms with Crippen LogP contribution >= 0.6 is 0 Å². The summed E-state index contributed by atoms with van der Waals surface area (Å²) in [5.74, 6) is -1.00. The molecule has 0 aromatic heterocycles. The van der Waals surface area contributed by atoms with Gasteiger partial charge in [0.1, 0.15) is 13.2 Å². The van der Waals surface area contributed by atoms with Gasteiger partial charge in [0.15, 0.2) is 0 Å². The Balaban J connectivity index is 1.63. The van der Waals surface area contributed by atoms with Crippen molar-refractivity contribution in [2.45, 2.75) is 13.2 Å². The summed E-state index contributed by atoms with van der Waals surface area (Å²) in [6.45, 7) is 1.07. The van der Waals surface area contributed by atoms with Crippen LogP contribution < -0.4 is 10.6 Å². The number of rotatable bonds is 12. The average molecular weight is 429 g/mol. The molecule has 0 aliphatic rings. The van der Waals surface area contributed by atoms with Crippen molar-refractivity contribution in [1.82, 2.24) is 15.5 Å². The number of ether oxygens (including phenoxy) is 2. The third kappa shape index (κ3) is 10.7. The Morgan fingerprint density at radius 3 is 1.55 bits per heavy atom. The van der Waals surface area contributed by atoms with Gasteiger partial charge in [0.2, 0.25) is 0 Å². The quantitative estimate of drug-likeness (QED) is 0.474. The lowest BCUT2D eigenvalue weighted by Crippen LogP contribution is -2.42. The monoisotopic (exact) mass is 429 g/mol. The minimum absolute atomic E-state index is 0.153. The number of carboxylic acids is 1. The number of amides is 2. The highest BCUT2D eigenvalue weighted by atomic mass is 16.6. The Kier molecular flexibility index (Phi) is 10.4. The molecule has 3 N–H and O–H groups in total. The smallest absolute Gasteiger partial charge is 0.407 e. The van der Waals surface area contributed by atoms with Crippen LogP contribution in [0.1, 0.15) is 11.1 Å². The summed E-state index contributed by atoms with van der Waals surface area (Å²) in [5.41, 5.74) is 1.74. The topological polar surface area (TPSA) is 117 Å². The lowest BCUT2D eigenvalue weighted by molar-refractivity contribution is -0.138. The summed E-state index contributed by atoms with van der Waals surface area (Å²) >= 11 is 0. The van der Waals surface area contributed by atoms with E-state index >= 15 is 0 Å². The number of carbonyl (C=O) groups excluding carboxylic acids is 2. The molecule has 0 saturated heterocycles. The van der Waals surface area contributed by atoms with E-state index in [0.717, 1.165) is 11.1 Å². The van der Waals surface area contributed by atoms with Crippen molar-refractivity contribution >= 4 is 18.2 Å². The third-order valence-corrected chi connectivity index (χ3v) is 4.18. The van der Waals surface area contributed by atoms with E-state index in [1.165, 1.54) is 0 Å². The number of hydrogen-bond donors (Lipinski definition) is 3. The number of hydrogen-bond acceptors (Lipinski definition) is 6. The number of nitrogens with zero attached hydrogens (tertiary/aromatic N) is 1. The lowest BCUT2D eigenvalue weighted by Gasteiger charge is -2.20. The van der Waals surface area contributed by atoms with E-state index in [1.807, 2.05) is 60.7 Å². The van der Waals surface area contributed by atoms with Crippen molar-refractivity contribution in [2.24, 2.45) is 0 Å². The molecule has 9 heteroatoms. The van der Waals surface area contributed by atoms with Gasteiger partial charge in [-0.05, 0) is 11.1 Å². The summed E-state index contributed by atoms with van der Waals surface area (Å²) in [4.78, 5) is 36.2. The SMILES string of the molecule is O=C(O)CN(CCNC(=O)OCc1ccccc1)CCNC(=O)OCc1ccccc1. The Morgan fingerprint density at radius 1 is 0.742 bits per heavy atom. The van der Waals surface area contributed by atoms with Crippen LogP contribution in [0.2, 0.25) is 0 Å². The number of carboxylic acid groups (broad SMARTS) is 1. The molecule has 0 radical (unpaired) electrons. The number of alkyl carbamates (subject to hydrolysis) is 2. The minimum Gasteiger partial charge on any atom is -0.480 e. The highest BCUT2D eigenvalue weighted by Crippen LogP contribution is 2.01. The summed E-state index contributed by atoms with van der Waals surface area (Å²) < 4.78 is 10.2. The Bertz CT molecular complexity index is 755. The maximum Gasteiger partial charge on any atom is 0.407 e. The van der Waals surface area contributed by atoms with Gasteiger partial charge >= 0.3 is 18.2 Å². The predicted octanol–water partition coefficient (Wildman–Crippen LogP) is 2.23. The van der Waals surface area contributed by atoms with Gasteiger partial charge in [-0.15, -0.1) is 0 Å². The first-order valence-electron chi connectivity index (χ1n) is 9.86. The molecule has 9 nitrogen and oxygen atoms in total. The molecule has 0 unspecified atom stereocenters. The van der Waals surface area contributed by atoms with Crippen LogP contribution in [-0.2, 0) is 27.5 Å². The fourth-order valence-corrected chi connectivity index (χ4v) is 2.64. The number of benzene rings is 2. The van der Waals surface area contributed by atoms with Crippen LogP contribution in [0.4, 0.5) is 9.59 Å². The Hall–Kier alpha value is -3.59. The van der Waals surface area contributed by atoms with Gasteiger partial charge in [0.05, 0.1) is 6.54 Å². The van der Waals surface area contributed by atoms with Crippen LogP contribution in [-0.4, -0.2) is 60.9 Å². The molecule has 0 atom stereocenters. The molecule has 2 amide bonds. The van der Waals surface area contributed by atoms with E-state index in [1.54, 1.807) is 4.90 Å². The summed E-state index contributed by atoms with van der Waals surface area (Å²) in [6.07, 6.45) is -1.16. The zero-order valence-corrected chi connectivity index (χ0v) is 17.2. The maximum absolute atomic E-state index is 11.8. The molecule has 2 aromatic carbocycles. The van der Waals surface area contributed by atoms with Gasteiger partial charge in [0.25, 0.3) is 0 Å². The zero-order valence-electron chi connectivity index (χ0n) is 17.2. The van der Waals surface area contributed by atoms with Gasteiger partial charge in [-0.3, -0.25) is 9.69 Å². The first-order valence-corrected chi connectivity index (χ1v) is 9.86. The molecule has 0 fully saturated rings. The summed E-state index contributed by atoms with van der Waals surface area (Å²) in [6, 6.07) is 18.5. The molecule has 0 heterocycles. The lowest BCUT2D eigenvalue weighted by atomic mass is 10.2. The molecule has 2 rings (SSSR count). The molecule has 0 aliphatic heterocycles. The van der Waals surface area contributed by atoms with Gasteiger partial charge in [-0.1, -0.05) is 60.7 Å². The fraction of sp³-hybridized carbons (Fsp3) is 0.318. The third-order valence-electron chi connectivity index (χ3n) is 4.18.